The smallest absolute Gasteiger partial charge is 0.344 e. The Labute approximate surface area is 131 Å². The molecular formula is C17H23NO4. The molecule has 0 atom stereocenters. The van der Waals surface area contributed by atoms with Crippen molar-refractivity contribution in [1.82, 2.24) is 0 Å². The highest BCUT2D eigenvalue weighted by molar-refractivity contribution is 5.95. The van der Waals surface area contributed by atoms with Crippen molar-refractivity contribution in [3.8, 4) is 5.75 Å². The first-order valence-corrected chi connectivity index (χ1v) is 7.54. The molecule has 0 unspecified atom stereocenters. The van der Waals surface area contributed by atoms with Gasteiger partial charge in [-0.2, -0.15) is 0 Å². The van der Waals surface area contributed by atoms with Crippen LogP contribution in [0.2, 0.25) is 0 Å². The van der Waals surface area contributed by atoms with Crippen LogP contribution in [0.5, 0.6) is 5.75 Å². The fourth-order valence-electron chi connectivity index (χ4n) is 2.12. The Morgan fingerprint density at radius 3 is 2.45 bits per heavy atom. The third-order valence-electron chi connectivity index (χ3n) is 3.24. The number of hydrogen-bond acceptors (Lipinski definition) is 4. The van der Waals surface area contributed by atoms with E-state index >= 15 is 0 Å². The summed E-state index contributed by atoms with van der Waals surface area (Å²) in [4.78, 5) is 25.0. The molecule has 0 aliphatic carbocycles. The lowest BCUT2D eigenvalue weighted by molar-refractivity contribution is -0.148. The highest BCUT2D eigenvalue weighted by Crippen LogP contribution is 2.23. The summed E-state index contributed by atoms with van der Waals surface area (Å²) in [5.41, 5.74) is 0.810. The largest absolute Gasteiger partial charge is 0.482 e. The molecule has 1 aromatic rings. The zero-order valence-corrected chi connectivity index (χ0v) is 13.4. The number of rotatable bonds is 5. The van der Waals surface area contributed by atoms with Crippen molar-refractivity contribution >= 4 is 17.6 Å². The van der Waals surface area contributed by atoms with Crippen molar-refractivity contribution < 1.29 is 19.1 Å². The fraction of sp³-hybridized carbons (Fsp3) is 0.529. The molecule has 1 aliphatic rings. The maximum Gasteiger partial charge on any atom is 0.344 e. The van der Waals surface area contributed by atoms with Gasteiger partial charge < -0.3 is 14.4 Å². The number of amides is 1. The zero-order chi connectivity index (χ0) is 16.2. The monoisotopic (exact) mass is 305 g/mol. The van der Waals surface area contributed by atoms with Crippen LogP contribution in [0, 0.1) is 5.41 Å². The number of ether oxygens (including phenoxy) is 2. The molecule has 1 saturated heterocycles. The molecule has 22 heavy (non-hydrogen) atoms. The maximum absolute atomic E-state index is 11.7. The van der Waals surface area contributed by atoms with Crippen LogP contribution in [0.15, 0.2) is 24.3 Å². The van der Waals surface area contributed by atoms with Gasteiger partial charge in [0.2, 0.25) is 5.91 Å². The summed E-state index contributed by atoms with van der Waals surface area (Å²) in [6.45, 7) is 7.01. The molecule has 1 amide bonds. The molecule has 0 N–H and O–H groups in total. The summed E-state index contributed by atoms with van der Waals surface area (Å²) in [6.07, 6.45) is 1.51. The van der Waals surface area contributed by atoms with E-state index in [0.29, 0.717) is 18.8 Å². The minimum atomic E-state index is -0.381. The average Bonchev–Trinajstić information content (AvgIpc) is 2.89. The Hall–Kier alpha value is -2.04. The Balaban J connectivity index is 1.81. The van der Waals surface area contributed by atoms with E-state index in [1.165, 1.54) is 0 Å². The lowest BCUT2D eigenvalue weighted by Crippen LogP contribution is -2.23. The average molecular weight is 305 g/mol. The van der Waals surface area contributed by atoms with Gasteiger partial charge in [-0.1, -0.05) is 20.8 Å². The van der Waals surface area contributed by atoms with Gasteiger partial charge in [0.05, 0.1) is 6.61 Å². The molecule has 5 heteroatoms. The summed E-state index contributed by atoms with van der Waals surface area (Å²) in [5, 5.41) is 0. The molecule has 2 rings (SSSR count). The second-order valence-electron chi connectivity index (χ2n) is 6.65. The van der Waals surface area contributed by atoms with Crippen LogP contribution in [0.4, 0.5) is 5.69 Å². The predicted molar refractivity (Wildman–Crippen MR) is 83.9 cm³/mol. The topological polar surface area (TPSA) is 55.8 Å². The number of carbonyl (C=O) groups excluding carboxylic acids is 2. The van der Waals surface area contributed by atoms with Gasteiger partial charge >= 0.3 is 5.97 Å². The maximum atomic E-state index is 11.7. The van der Waals surface area contributed by atoms with E-state index in [0.717, 1.165) is 18.7 Å². The molecule has 1 heterocycles. The van der Waals surface area contributed by atoms with Gasteiger partial charge in [0, 0.05) is 18.7 Å². The molecule has 0 spiro atoms. The Morgan fingerprint density at radius 1 is 1.23 bits per heavy atom. The van der Waals surface area contributed by atoms with Crippen molar-refractivity contribution in [2.45, 2.75) is 33.6 Å². The summed E-state index contributed by atoms with van der Waals surface area (Å²) >= 11 is 0. The number of hydrogen-bond donors (Lipinski definition) is 0. The van der Waals surface area contributed by atoms with Crippen LogP contribution in [0.3, 0.4) is 0 Å². The lowest BCUT2D eigenvalue weighted by Gasteiger charge is -2.18. The molecular weight excluding hydrogens is 282 g/mol. The number of anilines is 1. The summed E-state index contributed by atoms with van der Waals surface area (Å²) in [6, 6.07) is 7.19. The Morgan fingerprint density at radius 2 is 1.91 bits per heavy atom. The number of carbonyl (C=O) groups is 2. The van der Waals surface area contributed by atoms with E-state index in [-0.39, 0.29) is 23.9 Å². The minimum Gasteiger partial charge on any atom is -0.482 e. The first-order chi connectivity index (χ1) is 10.3. The normalized spacial score (nSPS) is 15.0. The highest BCUT2D eigenvalue weighted by Gasteiger charge is 2.21. The van der Waals surface area contributed by atoms with Crippen molar-refractivity contribution in [3.05, 3.63) is 24.3 Å². The second kappa shape index (κ2) is 6.81. The van der Waals surface area contributed by atoms with E-state index in [2.05, 4.69) is 0 Å². The van der Waals surface area contributed by atoms with Crippen LogP contribution in [-0.2, 0) is 14.3 Å². The molecule has 0 radical (unpaired) electrons. The van der Waals surface area contributed by atoms with Crippen molar-refractivity contribution in [2.75, 3.05) is 24.7 Å². The van der Waals surface area contributed by atoms with Gasteiger partial charge in [-0.3, -0.25) is 4.79 Å². The zero-order valence-electron chi connectivity index (χ0n) is 13.4. The molecule has 1 aromatic carbocycles. The Kier molecular flexibility index (Phi) is 5.06. The molecule has 120 valence electrons. The van der Waals surface area contributed by atoms with E-state index in [1.54, 1.807) is 17.0 Å². The van der Waals surface area contributed by atoms with Crippen molar-refractivity contribution in [1.29, 1.82) is 0 Å². The van der Waals surface area contributed by atoms with Gasteiger partial charge in [-0.15, -0.1) is 0 Å². The summed E-state index contributed by atoms with van der Waals surface area (Å²) in [7, 11) is 0. The third kappa shape index (κ3) is 4.76. The Bertz CT molecular complexity index is 531. The SMILES string of the molecule is CC(C)(C)COC(=O)COc1ccc(N2CCCC2=O)cc1. The summed E-state index contributed by atoms with van der Waals surface area (Å²) in [5.74, 6) is 0.358. The van der Waals surface area contributed by atoms with E-state index < -0.39 is 0 Å². The molecule has 1 fully saturated rings. The first kappa shape index (κ1) is 16.3. The van der Waals surface area contributed by atoms with Gasteiger partial charge in [-0.25, -0.2) is 4.79 Å². The lowest BCUT2D eigenvalue weighted by atomic mass is 9.99. The minimum absolute atomic E-state index is 0.0560. The summed E-state index contributed by atoms with van der Waals surface area (Å²) < 4.78 is 10.5. The van der Waals surface area contributed by atoms with Crippen molar-refractivity contribution in [3.63, 3.8) is 0 Å². The number of esters is 1. The molecule has 0 aromatic heterocycles. The van der Waals surface area contributed by atoms with Crippen LogP contribution in [0.1, 0.15) is 33.6 Å². The molecule has 0 saturated carbocycles. The van der Waals surface area contributed by atoms with Gasteiger partial charge in [0.1, 0.15) is 5.75 Å². The van der Waals surface area contributed by atoms with Gasteiger partial charge in [0.15, 0.2) is 6.61 Å². The highest BCUT2D eigenvalue weighted by atomic mass is 16.6. The van der Waals surface area contributed by atoms with E-state index in [9.17, 15) is 9.59 Å². The number of benzene rings is 1. The van der Waals surface area contributed by atoms with Gasteiger partial charge in [0.25, 0.3) is 0 Å². The van der Waals surface area contributed by atoms with E-state index in [4.69, 9.17) is 9.47 Å². The second-order valence-corrected chi connectivity index (χ2v) is 6.65. The fourth-order valence-corrected chi connectivity index (χ4v) is 2.12. The van der Waals surface area contributed by atoms with E-state index in [1.807, 2.05) is 32.9 Å². The van der Waals surface area contributed by atoms with Gasteiger partial charge in [-0.05, 0) is 36.1 Å². The van der Waals surface area contributed by atoms with Crippen LogP contribution < -0.4 is 9.64 Å². The van der Waals surface area contributed by atoms with Crippen LogP contribution in [-0.4, -0.2) is 31.6 Å². The quantitative estimate of drug-likeness (QED) is 0.785. The standard InChI is InChI=1S/C17H23NO4/c1-17(2,3)12-22-16(20)11-21-14-8-6-13(7-9-14)18-10-4-5-15(18)19/h6-9H,4-5,10-12H2,1-3H3. The molecule has 0 bridgehead atoms. The molecule has 1 aliphatic heterocycles. The number of nitrogens with zero attached hydrogens (tertiary/aromatic N) is 1. The van der Waals surface area contributed by atoms with Crippen LogP contribution in [0.25, 0.3) is 0 Å². The molecule has 5 nitrogen and oxygen atoms in total. The third-order valence-corrected chi connectivity index (χ3v) is 3.24. The first-order valence-electron chi connectivity index (χ1n) is 7.54. The van der Waals surface area contributed by atoms with Crippen molar-refractivity contribution in [2.24, 2.45) is 5.41 Å². The van der Waals surface area contributed by atoms with Crippen LogP contribution >= 0.6 is 0 Å². The predicted octanol–water partition coefficient (Wildman–Crippen LogP) is 2.78.